The van der Waals surface area contributed by atoms with Crippen molar-refractivity contribution in [3.63, 3.8) is 0 Å². The van der Waals surface area contributed by atoms with Gasteiger partial charge in [0, 0.05) is 22.9 Å². The fourth-order valence-corrected chi connectivity index (χ4v) is 3.99. The minimum atomic E-state index is -0.181. The van der Waals surface area contributed by atoms with Gasteiger partial charge in [0.25, 0.3) is 0 Å². The Morgan fingerprint density at radius 3 is 2.06 bits per heavy atom. The molecule has 3 rings (SSSR count). The summed E-state index contributed by atoms with van der Waals surface area (Å²) in [6.07, 6.45) is 3.07. The zero-order valence-corrected chi connectivity index (χ0v) is 20.5. The zero-order valence-electron chi connectivity index (χ0n) is 20.5. The molecule has 166 valence electrons. The first kappa shape index (κ1) is 23.1. The van der Waals surface area contributed by atoms with E-state index in [1.54, 1.807) is 0 Å². The van der Waals surface area contributed by atoms with Crippen LogP contribution in [-0.2, 0) is 15.6 Å². The van der Waals surface area contributed by atoms with E-state index in [1.165, 1.54) is 11.1 Å². The Bertz CT molecular complexity index is 1090. The van der Waals surface area contributed by atoms with E-state index in [-0.39, 0.29) is 16.8 Å². The Kier molecular flexibility index (Phi) is 6.10. The molecule has 3 nitrogen and oxygen atoms in total. The lowest BCUT2D eigenvalue weighted by molar-refractivity contribution is -0.134. The number of ether oxygens (including phenoxy) is 1. The average molecular weight is 421 g/mol. The van der Waals surface area contributed by atoms with Gasteiger partial charge in [0.1, 0.15) is 11.3 Å². The van der Waals surface area contributed by atoms with Crippen molar-refractivity contribution < 1.29 is 13.9 Å². The third-order valence-corrected chi connectivity index (χ3v) is 5.79. The molecule has 31 heavy (non-hydrogen) atoms. The molecular formula is C28H36O3. The minimum absolute atomic E-state index is 0.0300. The summed E-state index contributed by atoms with van der Waals surface area (Å²) in [5.41, 5.74) is 7.53. The number of carbonyl (C=O) groups is 1. The third-order valence-electron chi connectivity index (χ3n) is 5.79. The highest BCUT2D eigenvalue weighted by Gasteiger charge is 2.25. The molecule has 1 heterocycles. The van der Waals surface area contributed by atoms with Crippen LogP contribution >= 0.6 is 0 Å². The van der Waals surface area contributed by atoms with Gasteiger partial charge >= 0.3 is 5.97 Å². The van der Waals surface area contributed by atoms with Crippen LogP contribution in [0, 0.1) is 13.8 Å². The van der Waals surface area contributed by atoms with Crippen molar-refractivity contribution in [1.82, 2.24) is 0 Å². The zero-order chi connectivity index (χ0) is 23.1. The number of carbonyl (C=O) groups excluding carboxylic acids is 1. The molecule has 0 bridgehead atoms. The molecule has 0 unspecified atom stereocenters. The third kappa shape index (κ3) is 4.71. The maximum Gasteiger partial charge on any atom is 0.311 e. The van der Waals surface area contributed by atoms with Gasteiger partial charge in [-0.2, -0.15) is 0 Å². The van der Waals surface area contributed by atoms with Crippen molar-refractivity contribution >= 4 is 16.9 Å². The summed E-state index contributed by atoms with van der Waals surface area (Å²) in [6, 6.07) is 8.74. The van der Waals surface area contributed by atoms with Gasteiger partial charge in [0.05, 0.1) is 6.26 Å². The van der Waals surface area contributed by atoms with Crippen LogP contribution in [0.1, 0.15) is 83.6 Å². The molecule has 0 N–H and O–H groups in total. The molecule has 0 aliphatic carbocycles. The number of hydrogen-bond donors (Lipinski definition) is 0. The summed E-state index contributed by atoms with van der Waals surface area (Å²) in [5, 5.41) is 1.13. The van der Waals surface area contributed by atoms with Crippen LogP contribution < -0.4 is 4.74 Å². The highest BCUT2D eigenvalue weighted by Crippen LogP contribution is 2.41. The van der Waals surface area contributed by atoms with Crippen LogP contribution in [0.25, 0.3) is 22.1 Å². The second-order valence-corrected chi connectivity index (χ2v) is 10.7. The number of fused-ring (bicyclic) bond motifs is 1. The number of benzene rings is 2. The summed E-state index contributed by atoms with van der Waals surface area (Å²) in [6.45, 7) is 19.4. The van der Waals surface area contributed by atoms with E-state index in [0.717, 1.165) is 39.6 Å². The highest BCUT2D eigenvalue weighted by atomic mass is 16.5. The first-order valence-electron chi connectivity index (χ1n) is 11.2. The molecule has 0 fully saturated rings. The summed E-state index contributed by atoms with van der Waals surface area (Å²) < 4.78 is 11.8. The Hall–Kier alpha value is -2.55. The lowest BCUT2D eigenvalue weighted by atomic mass is 9.79. The number of hydrogen-bond acceptors (Lipinski definition) is 3. The van der Waals surface area contributed by atoms with E-state index in [2.05, 4.69) is 65.8 Å². The number of esters is 1. The molecule has 0 saturated carbocycles. The minimum Gasteiger partial charge on any atom is -0.463 e. The van der Waals surface area contributed by atoms with Crippen LogP contribution in [0.15, 0.2) is 34.9 Å². The molecule has 3 aromatic rings. The monoisotopic (exact) mass is 420 g/mol. The number of rotatable bonds is 4. The SMILES string of the molecule is CCCC(=O)Oc1c(C)cc(-c2coc3c(C(C)(C)C)cc(C(C)(C)C)cc23)cc1C. The molecule has 3 heteroatoms. The van der Waals surface area contributed by atoms with Crippen LogP contribution in [0.4, 0.5) is 0 Å². The second kappa shape index (κ2) is 8.18. The van der Waals surface area contributed by atoms with Crippen LogP contribution in [-0.4, -0.2) is 5.97 Å². The van der Waals surface area contributed by atoms with Crippen molar-refractivity contribution in [2.45, 2.75) is 86.0 Å². The normalized spacial score (nSPS) is 12.4. The standard InChI is InChI=1S/C28H36O3/c1-10-11-24(29)31-25-17(2)12-19(13-18(25)3)22-16-30-26-21(22)14-20(27(4,5)6)15-23(26)28(7,8)9/h12-16H,10-11H2,1-9H3. The fourth-order valence-electron chi connectivity index (χ4n) is 3.99. The summed E-state index contributed by atoms with van der Waals surface area (Å²) in [4.78, 5) is 12.0. The van der Waals surface area contributed by atoms with Crippen LogP contribution in [0.2, 0.25) is 0 Å². The number of aryl methyl sites for hydroxylation is 2. The molecule has 0 saturated heterocycles. The fraction of sp³-hybridized carbons (Fsp3) is 0.464. The van der Waals surface area contributed by atoms with E-state index in [9.17, 15) is 4.79 Å². The Morgan fingerprint density at radius 2 is 1.55 bits per heavy atom. The topological polar surface area (TPSA) is 39.4 Å². The Morgan fingerprint density at radius 1 is 0.935 bits per heavy atom. The van der Waals surface area contributed by atoms with Gasteiger partial charge in [0.15, 0.2) is 0 Å². The van der Waals surface area contributed by atoms with Crippen molar-refractivity contribution in [1.29, 1.82) is 0 Å². The lowest BCUT2D eigenvalue weighted by Gasteiger charge is -2.25. The predicted molar refractivity (Wildman–Crippen MR) is 129 cm³/mol. The average Bonchev–Trinajstić information content (AvgIpc) is 3.06. The van der Waals surface area contributed by atoms with E-state index >= 15 is 0 Å². The van der Waals surface area contributed by atoms with Gasteiger partial charge in [-0.1, -0.05) is 54.5 Å². The summed E-state index contributed by atoms with van der Waals surface area (Å²) >= 11 is 0. The first-order chi connectivity index (χ1) is 14.3. The van der Waals surface area contributed by atoms with Gasteiger partial charge in [-0.25, -0.2) is 0 Å². The molecule has 0 radical (unpaired) electrons. The van der Waals surface area contributed by atoms with Crippen molar-refractivity contribution in [3.8, 4) is 16.9 Å². The van der Waals surface area contributed by atoms with E-state index in [4.69, 9.17) is 9.15 Å². The van der Waals surface area contributed by atoms with Gasteiger partial charge in [-0.3, -0.25) is 4.79 Å². The predicted octanol–water partition coefficient (Wildman–Crippen LogP) is 8.02. The quantitative estimate of drug-likeness (QED) is 0.317. The summed E-state index contributed by atoms with van der Waals surface area (Å²) in [7, 11) is 0. The van der Waals surface area contributed by atoms with Crippen molar-refractivity contribution in [2.24, 2.45) is 0 Å². The Balaban J connectivity index is 2.19. The van der Waals surface area contributed by atoms with Gasteiger partial charge < -0.3 is 9.15 Å². The lowest BCUT2D eigenvalue weighted by Crippen LogP contribution is -2.16. The molecule has 0 amide bonds. The van der Waals surface area contributed by atoms with E-state index in [0.29, 0.717) is 12.2 Å². The number of furan rings is 1. The molecule has 0 spiro atoms. The Labute approximate surface area is 186 Å². The van der Waals surface area contributed by atoms with E-state index in [1.807, 2.05) is 27.0 Å². The largest absolute Gasteiger partial charge is 0.463 e. The van der Waals surface area contributed by atoms with Gasteiger partial charge in [-0.15, -0.1) is 0 Å². The van der Waals surface area contributed by atoms with Gasteiger partial charge in [0.2, 0.25) is 0 Å². The second-order valence-electron chi connectivity index (χ2n) is 10.7. The van der Waals surface area contributed by atoms with Crippen LogP contribution in [0.5, 0.6) is 5.75 Å². The van der Waals surface area contributed by atoms with E-state index < -0.39 is 0 Å². The molecule has 0 atom stereocenters. The molecule has 2 aromatic carbocycles. The van der Waals surface area contributed by atoms with Gasteiger partial charge in [-0.05, 0) is 71.6 Å². The maximum absolute atomic E-state index is 12.0. The summed E-state index contributed by atoms with van der Waals surface area (Å²) in [5.74, 6) is 0.487. The molecule has 1 aromatic heterocycles. The van der Waals surface area contributed by atoms with Crippen molar-refractivity contribution in [2.75, 3.05) is 0 Å². The van der Waals surface area contributed by atoms with Crippen molar-refractivity contribution in [3.05, 3.63) is 52.8 Å². The molecule has 0 aliphatic heterocycles. The highest BCUT2D eigenvalue weighted by molar-refractivity contribution is 5.97. The first-order valence-corrected chi connectivity index (χ1v) is 11.2. The van der Waals surface area contributed by atoms with Crippen LogP contribution in [0.3, 0.4) is 0 Å². The smallest absolute Gasteiger partial charge is 0.311 e. The molecular weight excluding hydrogens is 384 g/mol. The molecule has 0 aliphatic rings. The maximum atomic E-state index is 12.0.